The minimum atomic E-state index is -0.371. The lowest BCUT2D eigenvalue weighted by molar-refractivity contribution is -0.117. The second kappa shape index (κ2) is 7.41. The zero-order chi connectivity index (χ0) is 10.3. The van der Waals surface area contributed by atoms with Crippen LogP contribution in [-0.4, -0.2) is 29.6 Å². The molecule has 0 radical (unpaired) electrons. The molecule has 0 aliphatic heterocycles. The Hall–Kier alpha value is -0.0000000000000000555. The fourth-order valence-corrected chi connectivity index (χ4v) is 2.96. The lowest BCUT2D eigenvalue weighted by Crippen LogP contribution is -2.30. The maximum absolute atomic E-state index is 10.7. The Morgan fingerprint density at radius 1 is 1.46 bits per heavy atom. The Balaban J connectivity index is 3.35. The van der Waals surface area contributed by atoms with E-state index in [0.717, 1.165) is 12.0 Å². The Bertz CT molecular complexity index is 176. The molecule has 0 aromatic rings. The van der Waals surface area contributed by atoms with Crippen LogP contribution in [0.3, 0.4) is 0 Å². The molecule has 3 nitrogen and oxygen atoms in total. The number of hydrogen-bond donors (Lipinski definition) is 1. The molecule has 0 saturated heterocycles. The van der Waals surface area contributed by atoms with Gasteiger partial charge in [-0.25, -0.2) is 0 Å². The third-order valence-corrected chi connectivity index (χ3v) is 4.06. The van der Waals surface area contributed by atoms with Gasteiger partial charge >= 0.3 is 0 Å². The lowest BCUT2D eigenvalue weighted by Gasteiger charge is -2.06. The molecular weight excluding hydrogens is 206 g/mol. The topological polar surface area (TPSA) is 60.2 Å². The first-order valence-electron chi connectivity index (χ1n) is 4.03. The number of rotatable bonds is 7. The molecule has 0 aromatic carbocycles. The standard InChI is InChI=1S/C8H15NO2S2/c1-6(3-10)4-12-13-5-8(9)7(2)11/h3,6,8H,4-5,9H2,1-2H3. The predicted molar refractivity (Wildman–Crippen MR) is 58.8 cm³/mol. The fraction of sp³-hybridized carbons (Fsp3) is 0.750. The number of aldehydes is 1. The van der Waals surface area contributed by atoms with Gasteiger partial charge in [-0.15, -0.1) is 0 Å². The minimum absolute atomic E-state index is 0.0107. The third kappa shape index (κ3) is 7.10. The van der Waals surface area contributed by atoms with Crippen molar-refractivity contribution in [2.75, 3.05) is 11.5 Å². The highest BCUT2D eigenvalue weighted by Crippen LogP contribution is 2.23. The second-order valence-electron chi connectivity index (χ2n) is 2.90. The van der Waals surface area contributed by atoms with E-state index in [9.17, 15) is 9.59 Å². The van der Waals surface area contributed by atoms with Gasteiger partial charge in [0.1, 0.15) is 12.1 Å². The van der Waals surface area contributed by atoms with Gasteiger partial charge in [0.15, 0.2) is 0 Å². The lowest BCUT2D eigenvalue weighted by atomic mass is 10.3. The largest absolute Gasteiger partial charge is 0.321 e. The highest BCUT2D eigenvalue weighted by Gasteiger charge is 2.08. The molecule has 0 spiro atoms. The summed E-state index contributed by atoms with van der Waals surface area (Å²) in [5.74, 6) is 1.48. The van der Waals surface area contributed by atoms with E-state index >= 15 is 0 Å². The van der Waals surface area contributed by atoms with Crippen molar-refractivity contribution in [2.45, 2.75) is 19.9 Å². The molecule has 0 aromatic heterocycles. The molecule has 0 fully saturated rings. The number of hydrogen-bond acceptors (Lipinski definition) is 5. The van der Waals surface area contributed by atoms with Gasteiger partial charge in [-0.1, -0.05) is 28.5 Å². The molecule has 0 aliphatic rings. The molecule has 0 amide bonds. The molecule has 76 valence electrons. The van der Waals surface area contributed by atoms with E-state index in [1.165, 1.54) is 6.92 Å². The first kappa shape index (κ1) is 13.0. The summed E-state index contributed by atoms with van der Waals surface area (Å²) in [7, 11) is 3.13. The van der Waals surface area contributed by atoms with Crippen molar-refractivity contribution >= 4 is 33.7 Å². The summed E-state index contributed by atoms with van der Waals surface area (Å²) in [5.41, 5.74) is 5.51. The quantitative estimate of drug-likeness (QED) is 0.396. The van der Waals surface area contributed by atoms with Gasteiger partial charge < -0.3 is 10.5 Å². The number of Topliss-reactive ketones (excluding diaryl/α,β-unsaturated/α-hetero) is 1. The van der Waals surface area contributed by atoms with Gasteiger partial charge in [0.2, 0.25) is 0 Å². The van der Waals surface area contributed by atoms with Crippen molar-refractivity contribution < 1.29 is 9.59 Å². The van der Waals surface area contributed by atoms with Crippen LogP contribution in [0.2, 0.25) is 0 Å². The highest BCUT2D eigenvalue weighted by molar-refractivity contribution is 8.76. The van der Waals surface area contributed by atoms with Gasteiger partial charge in [-0.3, -0.25) is 4.79 Å². The zero-order valence-electron chi connectivity index (χ0n) is 7.86. The van der Waals surface area contributed by atoms with Crippen LogP contribution in [0.25, 0.3) is 0 Å². The van der Waals surface area contributed by atoms with Crippen LogP contribution in [0, 0.1) is 5.92 Å². The summed E-state index contributed by atoms with van der Waals surface area (Å²) in [6.07, 6.45) is 0.929. The molecule has 13 heavy (non-hydrogen) atoms. The van der Waals surface area contributed by atoms with Gasteiger partial charge in [0.25, 0.3) is 0 Å². The van der Waals surface area contributed by atoms with E-state index in [0.29, 0.717) is 5.75 Å². The molecule has 2 N–H and O–H groups in total. The first-order valence-corrected chi connectivity index (χ1v) is 6.52. The van der Waals surface area contributed by atoms with E-state index in [-0.39, 0.29) is 17.7 Å². The van der Waals surface area contributed by atoms with E-state index in [1.807, 2.05) is 6.92 Å². The summed E-state index contributed by atoms with van der Waals surface area (Å²) in [6, 6.07) is -0.371. The van der Waals surface area contributed by atoms with Crippen LogP contribution in [0.1, 0.15) is 13.8 Å². The maximum atomic E-state index is 10.7. The summed E-state index contributed by atoms with van der Waals surface area (Å²) >= 11 is 0. The van der Waals surface area contributed by atoms with Crippen LogP contribution < -0.4 is 5.73 Å². The van der Waals surface area contributed by atoms with Crippen LogP contribution in [0.4, 0.5) is 0 Å². The second-order valence-corrected chi connectivity index (χ2v) is 5.45. The van der Waals surface area contributed by atoms with Crippen molar-refractivity contribution in [3.63, 3.8) is 0 Å². The normalized spacial score (nSPS) is 15.0. The van der Waals surface area contributed by atoms with Gasteiger partial charge in [-0.2, -0.15) is 0 Å². The number of carbonyl (C=O) groups is 2. The molecule has 0 saturated carbocycles. The minimum Gasteiger partial charge on any atom is -0.321 e. The third-order valence-electron chi connectivity index (χ3n) is 1.42. The summed E-state index contributed by atoms with van der Waals surface area (Å²) in [5, 5.41) is 0. The molecule has 0 rings (SSSR count). The van der Waals surface area contributed by atoms with Crippen molar-refractivity contribution in [2.24, 2.45) is 11.7 Å². The van der Waals surface area contributed by atoms with E-state index in [4.69, 9.17) is 5.73 Å². The molecule has 2 atom stereocenters. The molecular formula is C8H15NO2S2. The Morgan fingerprint density at radius 3 is 2.46 bits per heavy atom. The van der Waals surface area contributed by atoms with Crippen molar-refractivity contribution in [1.82, 2.24) is 0 Å². The summed E-state index contributed by atoms with van der Waals surface area (Å²) in [6.45, 7) is 3.36. The number of carbonyl (C=O) groups excluding carboxylic acids is 2. The predicted octanol–water partition coefficient (Wildman–Crippen LogP) is 1.12. The van der Waals surface area contributed by atoms with Crippen LogP contribution in [0.5, 0.6) is 0 Å². The van der Waals surface area contributed by atoms with Crippen LogP contribution >= 0.6 is 21.6 Å². The number of nitrogens with two attached hydrogens (primary N) is 1. The zero-order valence-corrected chi connectivity index (χ0v) is 9.49. The SMILES string of the molecule is CC(=O)C(N)CSSCC(C)C=O. The van der Waals surface area contributed by atoms with E-state index in [1.54, 1.807) is 21.6 Å². The molecule has 2 unspecified atom stereocenters. The van der Waals surface area contributed by atoms with E-state index in [2.05, 4.69) is 0 Å². The summed E-state index contributed by atoms with van der Waals surface area (Å²) in [4.78, 5) is 21.0. The average molecular weight is 221 g/mol. The Labute approximate surface area is 86.6 Å². The van der Waals surface area contributed by atoms with Crippen molar-refractivity contribution in [3.05, 3.63) is 0 Å². The van der Waals surface area contributed by atoms with Gasteiger partial charge in [-0.05, 0) is 6.92 Å². The monoisotopic (exact) mass is 221 g/mol. The van der Waals surface area contributed by atoms with Crippen LogP contribution in [-0.2, 0) is 9.59 Å². The maximum Gasteiger partial charge on any atom is 0.147 e. The molecule has 0 bridgehead atoms. The summed E-state index contributed by atoms with van der Waals surface area (Å²) < 4.78 is 0. The van der Waals surface area contributed by atoms with Crippen LogP contribution in [0.15, 0.2) is 0 Å². The fourth-order valence-electron chi connectivity index (χ4n) is 0.433. The smallest absolute Gasteiger partial charge is 0.147 e. The first-order chi connectivity index (χ1) is 6.07. The van der Waals surface area contributed by atoms with E-state index < -0.39 is 0 Å². The van der Waals surface area contributed by atoms with Gasteiger partial charge in [0, 0.05) is 17.4 Å². The molecule has 0 heterocycles. The van der Waals surface area contributed by atoms with Crippen molar-refractivity contribution in [3.8, 4) is 0 Å². The molecule has 0 aliphatic carbocycles. The van der Waals surface area contributed by atoms with Crippen molar-refractivity contribution in [1.29, 1.82) is 0 Å². The molecule has 5 heteroatoms. The highest BCUT2D eigenvalue weighted by atomic mass is 33.1. The number of ketones is 1. The Morgan fingerprint density at radius 2 is 2.00 bits per heavy atom. The Kier molecular flexibility index (Phi) is 7.41. The van der Waals surface area contributed by atoms with Gasteiger partial charge in [0.05, 0.1) is 6.04 Å². The average Bonchev–Trinajstić information content (AvgIpc) is 2.11.